The van der Waals surface area contributed by atoms with Crippen molar-refractivity contribution in [3.63, 3.8) is 0 Å². The van der Waals surface area contributed by atoms with Crippen molar-refractivity contribution in [2.75, 3.05) is 30.0 Å². The number of carbonyl (C=O) groups is 3. The maximum atomic E-state index is 13.1. The van der Waals surface area contributed by atoms with Crippen LogP contribution >= 0.6 is 11.6 Å². The minimum absolute atomic E-state index is 0.0474. The topological polar surface area (TPSA) is 79.0 Å². The second-order valence-electron chi connectivity index (χ2n) is 9.73. The molecule has 2 aromatic rings. The van der Waals surface area contributed by atoms with Crippen molar-refractivity contribution in [3.05, 3.63) is 52.5 Å². The van der Waals surface area contributed by atoms with Crippen LogP contribution in [0.3, 0.4) is 0 Å². The van der Waals surface area contributed by atoms with Crippen molar-refractivity contribution >= 4 is 40.7 Å². The zero-order valence-electron chi connectivity index (χ0n) is 20.1. The number of nitrogens with one attached hydrogen (secondary N) is 1. The smallest absolute Gasteiger partial charge is 0.251 e. The van der Waals surface area contributed by atoms with Gasteiger partial charge in [0.25, 0.3) is 5.91 Å². The van der Waals surface area contributed by atoms with Crippen LogP contribution in [-0.2, 0) is 9.59 Å². The number of imide groups is 1. The van der Waals surface area contributed by atoms with E-state index in [-0.39, 0.29) is 35.6 Å². The van der Waals surface area contributed by atoms with Crippen molar-refractivity contribution in [1.82, 2.24) is 5.32 Å². The molecule has 3 aliphatic rings. The van der Waals surface area contributed by atoms with E-state index in [1.807, 2.05) is 25.1 Å². The number of rotatable bonds is 5. The van der Waals surface area contributed by atoms with E-state index in [4.69, 9.17) is 16.3 Å². The zero-order chi connectivity index (χ0) is 24.7. The molecule has 3 atom stereocenters. The lowest BCUT2D eigenvalue weighted by atomic mass is 9.81. The zero-order valence-corrected chi connectivity index (χ0v) is 20.8. The van der Waals surface area contributed by atoms with Gasteiger partial charge in [0.05, 0.1) is 30.3 Å². The van der Waals surface area contributed by atoms with Gasteiger partial charge < -0.3 is 15.0 Å². The van der Waals surface area contributed by atoms with Crippen LogP contribution in [0.15, 0.2) is 36.4 Å². The van der Waals surface area contributed by atoms with Gasteiger partial charge in [0.15, 0.2) is 0 Å². The van der Waals surface area contributed by atoms with E-state index in [9.17, 15) is 14.4 Å². The Morgan fingerprint density at radius 2 is 1.71 bits per heavy atom. The summed E-state index contributed by atoms with van der Waals surface area (Å²) in [5.74, 6) is -0.163. The molecule has 0 radical (unpaired) electrons. The fourth-order valence-electron chi connectivity index (χ4n) is 5.67. The lowest BCUT2D eigenvalue weighted by Crippen LogP contribution is -2.37. The van der Waals surface area contributed by atoms with Gasteiger partial charge in [0.2, 0.25) is 11.8 Å². The molecule has 3 amide bonds. The summed E-state index contributed by atoms with van der Waals surface area (Å²) in [4.78, 5) is 42.8. The van der Waals surface area contributed by atoms with Gasteiger partial charge in [-0.15, -0.1) is 0 Å². The summed E-state index contributed by atoms with van der Waals surface area (Å²) in [6.07, 6.45) is 4.28. The summed E-state index contributed by atoms with van der Waals surface area (Å²) in [6, 6.07) is 10.7. The van der Waals surface area contributed by atoms with Crippen molar-refractivity contribution < 1.29 is 19.1 Å². The Balaban J connectivity index is 1.31. The van der Waals surface area contributed by atoms with Gasteiger partial charge in [-0.1, -0.05) is 30.5 Å². The van der Waals surface area contributed by atoms with Crippen LogP contribution in [0.2, 0.25) is 5.02 Å². The molecule has 0 unspecified atom stereocenters. The Bertz CT molecular complexity index is 1160. The van der Waals surface area contributed by atoms with Crippen molar-refractivity contribution in [1.29, 1.82) is 0 Å². The molecule has 35 heavy (non-hydrogen) atoms. The highest BCUT2D eigenvalue weighted by molar-refractivity contribution is 6.31. The standard InChI is InChI=1S/C27H30ClN3O4/c1-16-7-8-17(13-22(16)31-26(33)20-5-3-4-6-21(20)27(31)34)25(32)29-19-11-12-30(15-19)23-14-18(28)9-10-24(23)35-2/h7-10,13-14,19-21H,3-6,11-12,15H2,1-2H3,(H,29,32)/t19-,20-,21+/m1/s1. The van der Waals surface area contributed by atoms with Crippen molar-refractivity contribution in [3.8, 4) is 5.75 Å². The van der Waals surface area contributed by atoms with Gasteiger partial charge in [0, 0.05) is 29.7 Å². The number of benzene rings is 2. The molecule has 7 nitrogen and oxygen atoms in total. The molecule has 8 heteroatoms. The van der Waals surface area contributed by atoms with Gasteiger partial charge in [-0.2, -0.15) is 0 Å². The van der Waals surface area contributed by atoms with Gasteiger partial charge in [-0.3, -0.25) is 14.4 Å². The number of carbonyl (C=O) groups excluding carboxylic acids is 3. The molecule has 0 aromatic heterocycles. The fourth-order valence-corrected chi connectivity index (χ4v) is 5.83. The number of amides is 3. The van der Waals surface area contributed by atoms with E-state index < -0.39 is 0 Å². The van der Waals surface area contributed by atoms with Crippen LogP contribution in [0, 0.1) is 18.8 Å². The number of anilines is 2. The molecule has 2 saturated heterocycles. The number of hydrogen-bond donors (Lipinski definition) is 1. The van der Waals surface area contributed by atoms with Crippen molar-refractivity contribution in [2.45, 2.75) is 45.1 Å². The first-order valence-corrected chi connectivity index (χ1v) is 12.6. The molecule has 5 rings (SSSR count). The van der Waals surface area contributed by atoms with Crippen LogP contribution in [0.5, 0.6) is 5.75 Å². The Morgan fingerprint density at radius 1 is 1.00 bits per heavy atom. The monoisotopic (exact) mass is 495 g/mol. The lowest BCUT2D eigenvalue weighted by Gasteiger charge is -2.22. The molecule has 2 aliphatic heterocycles. The molecule has 184 valence electrons. The number of ether oxygens (including phenoxy) is 1. The van der Waals surface area contributed by atoms with E-state index in [2.05, 4.69) is 10.2 Å². The Hall–Kier alpha value is -3.06. The Labute approximate surface area is 210 Å². The van der Waals surface area contributed by atoms with E-state index in [0.717, 1.165) is 55.6 Å². The first-order chi connectivity index (χ1) is 16.9. The summed E-state index contributed by atoms with van der Waals surface area (Å²) in [7, 11) is 1.63. The first kappa shape index (κ1) is 23.7. The minimum atomic E-state index is -0.221. The summed E-state index contributed by atoms with van der Waals surface area (Å²) in [5.41, 5.74) is 2.68. The average Bonchev–Trinajstić information content (AvgIpc) is 3.42. The maximum Gasteiger partial charge on any atom is 0.251 e. The van der Waals surface area contributed by atoms with Gasteiger partial charge in [-0.05, 0) is 62.1 Å². The summed E-state index contributed by atoms with van der Waals surface area (Å²) in [6.45, 7) is 3.26. The number of aryl methyl sites for hydroxylation is 1. The third kappa shape index (κ3) is 4.38. The summed E-state index contributed by atoms with van der Waals surface area (Å²) < 4.78 is 5.48. The fraction of sp³-hybridized carbons (Fsp3) is 0.444. The van der Waals surface area contributed by atoms with E-state index in [0.29, 0.717) is 22.8 Å². The van der Waals surface area contributed by atoms with E-state index >= 15 is 0 Å². The molecular formula is C27H30ClN3O4. The van der Waals surface area contributed by atoms with Crippen LogP contribution in [-0.4, -0.2) is 44.0 Å². The Kier molecular flexibility index (Phi) is 6.45. The van der Waals surface area contributed by atoms with Crippen LogP contribution in [0.25, 0.3) is 0 Å². The van der Waals surface area contributed by atoms with Gasteiger partial charge in [-0.25, -0.2) is 4.90 Å². The third-order valence-electron chi connectivity index (χ3n) is 7.56. The maximum absolute atomic E-state index is 13.1. The third-order valence-corrected chi connectivity index (χ3v) is 7.79. The highest BCUT2D eigenvalue weighted by Crippen LogP contribution is 2.41. The van der Waals surface area contributed by atoms with Crippen LogP contribution < -0.4 is 19.9 Å². The molecule has 1 aliphatic carbocycles. The van der Waals surface area contributed by atoms with Gasteiger partial charge >= 0.3 is 0 Å². The summed E-state index contributed by atoms with van der Waals surface area (Å²) in [5, 5.41) is 3.74. The molecule has 0 spiro atoms. The quantitative estimate of drug-likeness (QED) is 0.624. The summed E-state index contributed by atoms with van der Waals surface area (Å²) >= 11 is 6.19. The van der Waals surface area contributed by atoms with Crippen LogP contribution in [0.1, 0.15) is 48.0 Å². The van der Waals surface area contributed by atoms with Gasteiger partial charge in [0.1, 0.15) is 5.75 Å². The van der Waals surface area contributed by atoms with E-state index in [1.54, 1.807) is 25.3 Å². The number of fused-ring (bicyclic) bond motifs is 1. The largest absolute Gasteiger partial charge is 0.495 e. The highest BCUT2D eigenvalue weighted by Gasteiger charge is 2.49. The molecule has 2 heterocycles. The second-order valence-corrected chi connectivity index (χ2v) is 10.2. The predicted molar refractivity (Wildman–Crippen MR) is 135 cm³/mol. The average molecular weight is 496 g/mol. The molecule has 1 saturated carbocycles. The number of methoxy groups -OCH3 is 1. The van der Waals surface area contributed by atoms with Crippen LogP contribution in [0.4, 0.5) is 11.4 Å². The molecule has 3 fully saturated rings. The normalized spacial score (nSPS) is 24.0. The second kappa shape index (κ2) is 9.53. The number of halogens is 1. The highest BCUT2D eigenvalue weighted by atomic mass is 35.5. The molecule has 0 bridgehead atoms. The molecule has 2 aromatic carbocycles. The Morgan fingerprint density at radius 3 is 2.40 bits per heavy atom. The molecular weight excluding hydrogens is 466 g/mol. The van der Waals surface area contributed by atoms with Crippen molar-refractivity contribution in [2.24, 2.45) is 11.8 Å². The predicted octanol–water partition coefficient (Wildman–Crippen LogP) is 4.35. The van der Waals surface area contributed by atoms with E-state index in [1.165, 1.54) is 4.90 Å². The lowest BCUT2D eigenvalue weighted by molar-refractivity contribution is -0.122. The molecule has 1 N–H and O–H groups in total. The number of hydrogen-bond acceptors (Lipinski definition) is 5. The number of nitrogens with zero attached hydrogens (tertiary/aromatic N) is 2. The minimum Gasteiger partial charge on any atom is -0.495 e. The SMILES string of the molecule is COc1ccc(Cl)cc1N1CC[C@@H](NC(=O)c2ccc(C)c(N3C(=O)[C@H]4CCCC[C@H]4C3=O)c2)C1. The first-order valence-electron chi connectivity index (χ1n) is 12.2.